The summed E-state index contributed by atoms with van der Waals surface area (Å²) in [6.07, 6.45) is 2.20. The lowest BCUT2D eigenvalue weighted by molar-refractivity contribution is -0.113. The van der Waals surface area contributed by atoms with Crippen LogP contribution in [0.2, 0.25) is 10.0 Å². The predicted octanol–water partition coefficient (Wildman–Crippen LogP) is 4.35. The number of allylic oxidation sites excluding steroid dienone is 1. The van der Waals surface area contributed by atoms with Crippen molar-refractivity contribution in [2.75, 3.05) is 6.26 Å². The van der Waals surface area contributed by atoms with Crippen molar-refractivity contribution in [3.8, 4) is 0 Å². The summed E-state index contributed by atoms with van der Waals surface area (Å²) in [6.45, 7) is 1.11. The Balaban J connectivity index is 2.56. The summed E-state index contributed by atoms with van der Waals surface area (Å²) in [6, 6.07) is 11.5. The smallest absolute Gasteiger partial charge is 0.211 e. The van der Waals surface area contributed by atoms with E-state index >= 15 is 0 Å². The van der Waals surface area contributed by atoms with Gasteiger partial charge in [0.05, 0.1) is 20.8 Å². The maximum absolute atomic E-state index is 12.8. The van der Waals surface area contributed by atoms with E-state index in [4.69, 9.17) is 23.2 Å². The van der Waals surface area contributed by atoms with Crippen LogP contribution in [0.3, 0.4) is 0 Å². The Bertz CT molecular complexity index is 1080. The second-order valence-electron chi connectivity index (χ2n) is 5.37. The molecule has 0 saturated heterocycles. The van der Waals surface area contributed by atoms with Crippen molar-refractivity contribution < 1.29 is 17.4 Å². The molecule has 0 radical (unpaired) electrons. The molecule has 0 aromatic heterocycles. The monoisotopic (exact) mass is 431 g/mol. The molecule has 0 fully saturated rings. The van der Waals surface area contributed by atoms with E-state index in [1.165, 1.54) is 42.7 Å². The molecule has 0 aliphatic carbocycles. The second kappa shape index (κ2) is 7.92. The topological polar surface area (TPSA) is 80.6 Å². The Morgan fingerprint density at radius 3 is 1.73 bits per heavy atom. The van der Waals surface area contributed by atoms with Gasteiger partial charge in [0.1, 0.15) is 4.91 Å². The number of hydrogen-bond donors (Lipinski definition) is 0. The molecule has 0 spiro atoms. The van der Waals surface area contributed by atoms with Gasteiger partial charge in [-0.15, -0.1) is 0 Å². The number of rotatable bonds is 5. The highest BCUT2D eigenvalue weighted by Gasteiger charge is 2.24. The molecule has 0 amide bonds. The normalized spacial score (nSPS) is 14.5. The molecule has 0 aliphatic rings. The van der Waals surface area contributed by atoms with Gasteiger partial charge in [-0.3, -0.25) is 4.79 Å². The van der Waals surface area contributed by atoms with E-state index in [-0.39, 0.29) is 4.90 Å². The summed E-state index contributed by atoms with van der Waals surface area (Å²) < 4.78 is 42.0. The fourth-order valence-corrected chi connectivity index (χ4v) is 4.69. The molecule has 26 heavy (non-hydrogen) atoms. The number of halogens is 2. The van der Waals surface area contributed by atoms with Crippen LogP contribution in [0.4, 0.5) is 0 Å². The third-order valence-electron chi connectivity index (χ3n) is 3.38. The van der Waals surface area contributed by atoms with Crippen LogP contribution in [0.15, 0.2) is 73.8 Å². The Morgan fingerprint density at radius 2 is 1.31 bits per heavy atom. The Morgan fingerprint density at radius 1 is 0.885 bits per heavy atom. The molecule has 2 rings (SSSR count). The SMILES string of the molecule is CC(=O)/C(=C\N=S(C)(=O)c1ccc(Cl)cc1)S(=O)(=O)c1ccc(Cl)cc1. The van der Waals surface area contributed by atoms with E-state index < -0.39 is 30.3 Å². The summed E-state index contributed by atoms with van der Waals surface area (Å²) in [5.41, 5.74) is 0. The molecule has 0 aliphatic heterocycles. The van der Waals surface area contributed by atoms with Crippen LogP contribution in [-0.4, -0.2) is 24.7 Å². The summed E-state index contributed by atoms with van der Waals surface area (Å²) in [5, 5.41) is 0.829. The minimum atomic E-state index is -4.12. The average Bonchev–Trinajstić information content (AvgIpc) is 2.55. The Kier molecular flexibility index (Phi) is 6.29. The lowest BCUT2D eigenvalue weighted by Crippen LogP contribution is -2.11. The number of Topliss-reactive ketones (excluding diaryl/α,β-unsaturated/α-hetero) is 1. The fraction of sp³-hybridized carbons (Fsp3) is 0.118. The lowest BCUT2D eigenvalue weighted by atomic mass is 10.4. The van der Waals surface area contributed by atoms with Crippen molar-refractivity contribution in [3.05, 3.63) is 69.7 Å². The molecule has 0 bridgehead atoms. The number of benzene rings is 2. The lowest BCUT2D eigenvalue weighted by Gasteiger charge is -2.07. The molecule has 0 saturated carbocycles. The molecule has 2 aromatic rings. The summed E-state index contributed by atoms with van der Waals surface area (Å²) in [5.74, 6) is -0.713. The zero-order chi connectivity index (χ0) is 19.5. The van der Waals surface area contributed by atoms with Crippen molar-refractivity contribution in [2.45, 2.75) is 16.7 Å². The van der Waals surface area contributed by atoms with Gasteiger partial charge in [-0.05, 0) is 55.5 Å². The van der Waals surface area contributed by atoms with Gasteiger partial charge in [-0.25, -0.2) is 17.0 Å². The standard InChI is InChI=1S/C17H15Cl2NO4S2/c1-12(21)17(26(23,24)16-9-5-14(19)6-10-16)11-20-25(2,22)15-7-3-13(18)4-8-15/h3-11H,1-2H3/b17-11+. The third kappa shape index (κ3) is 4.73. The summed E-state index contributed by atoms with van der Waals surface area (Å²) in [4.78, 5) is 11.6. The van der Waals surface area contributed by atoms with E-state index in [0.717, 1.165) is 13.1 Å². The summed E-state index contributed by atoms with van der Waals surface area (Å²) >= 11 is 11.6. The highest BCUT2D eigenvalue weighted by molar-refractivity contribution is 7.96. The first kappa shape index (κ1) is 20.6. The van der Waals surface area contributed by atoms with Crippen LogP contribution in [-0.2, 0) is 24.4 Å². The van der Waals surface area contributed by atoms with Crippen molar-refractivity contribution in [1.82, 2.24) is 0 Å². The highest BCUT2D eigenvalue weighted by atomic mass is 35.5. The number of carbonyl (C=O) groups is 1. The largest absolute Gasteiger partial charge is 0.294 e. The molecule has 9 heteroatoms. The molecule has 1 unspecified atom stereocenters. The van der Waals surface area contributed by atoms with Crippen LogP contribution < -0.4 is 0 Å². The van der Waals surface area contributed by atoms with E-state index in [1.54, 1.807) is 12.1 Å². The van der Waals surface area contributed by atoms with Crippen molar-refractivity contribution in [1.29, 1.82) is 0 Å². The van der Waals surface area contributed by atoms with Gasteiger partial charge < -0.3 is 0 Å². The minimum Gasteiger partial charge on any atom is -0.294 e. The van der Waals surface area contributed by atoms with Gasteiger partial charge in [0.15, 0.2) is 5.78 Å². The Hall–Kier alpha value is -1.67. The van der Waals surface area contributed by atoms with Gasteiger partial charge in [-0.1, -0.05) is 23.2 Å². The molecule has 5 nitrogen and oxygen atoms in total. The van der Waals surface area contributed by atoms with Gasteiger partial charge in [-0.2, -0.15) is 0 Å². The quantitative estimate of drug-likeness (QED) is 0.658. The van der Waals surface area contributed by atoms with Crippen molar-refractivity contribution >= 4 is 48.6 Å². The van der Waals surface area contributed by atoms with Gasteiger partial charge in [0, 0.05) is 21.2 Å². The predicted molar refractivity (Wildman–Crippen MR) is 104 cm³/mol. The van der Waals surface area contributed by atoms with Crippen LogP contribution in [0, 0.1) is 0 Å². The average molecular weight is 432 g/mol. The first-order valence-corrected chi connectivity index (χ1v) is 11.4. The fourth-order valence-electron chi connectivity index (χ4n) is 1.99. The van der Waals surface area contributed by atoms with Crippen molar-refractivity contribution in [2.24, 2.45) is 4.36 Å². The maximum Gasteiger partial charge on any atom is 0.211 e. The first-order chi connectivity index (χ1) is 12.0. The number of nitrogens with zero attached hydrogens (tertiary/aromatic N) is 1. The third-order valence-corrected chi connectivity index (χ3v) is 7.41. The van der Waals surface area contributed by atoms with Crippen molar-refractivity contribution in [3.63, 3.8) is 0 Å². The van der Waals surface area contributed by atoms with Crippen LogP contribution in [0.1, 0.15) is 6.92 Å². The van der Waals surface area contributed by atoms with Gasteiger partial charge in [0.25, 0.3) is 0 Å². The van der Waals surface area contributed by atoms with E-state index in [2.05, 4.69) is 4.36 Å². The highest BCUT2D eigenvalue weighted by Crippen LogP contribution is 2.23. The molecular formula is C17H15Cl2NO4S2. The maximum atomic E-state index is 12.8. The first-order valence-electron chi connectivity index (χ1n) is 7.22. The molecule has 138 valence electrons. The number of ketones is 1. The van der Waals surface area contributed by atoms with Crippen LogP contribution in [0.25, 0.3) is 0 Å². The van der Waals surface area contributed by atoms with Crippen LogP contribution in [0.5, 0.6) is 0 Å². The van der Waals surface area contributed by atoms with Gasteiger partial charge >= 0.3 is 0 Å². The van der Waals surface area contributed by atoms with Gasteiger partial charge in [0.2, 0.25) is 9.84 Å². The second-order valence-corrected chi connectivity index (χ2v) is 10.4. The van der Waals surface area contributed by atoms with Crippen LogP contribution >= 0.6 is 23.2 Å². The zero-order valence-electron chi connectivity index (χ0n) is 13.8. The molecule has 0 heterocycles. The molecule has 2 aromatic carbocycles. The molecule has 0 N–H and O–H groups in total. The molecular weight excluding hydrogens is 417 g/mol. The van der Waals surface area contributed by atoms with E-state index in [9.17, 15) is 17.4 Å². The Labute approximate surface area is 162 Å². The number of hydrogen-bond acceptors (Lipinski definition) is 5. The zero-order valence-corrected chi connectivity index (χ0v) is 17.0. The van der Waals surface area contributed by atoms with E-state index in [1.807, 2.05) is 0 Å². The number of carbonyl (C=O) groups excluding carboxylic acids is 1. The number of sulfone groups is 1. The van der Waals surface area contributed by atoms with E-state index in [0.29, 0.717) is 14.9 Å². The molecule has 1 atom stereocenters. The summed E-state index contributed by atoms with van der Waals surface area (Å²) in [7, 11) is -7.07. The minimum absolute atomic E-state index is 0.104.